The summed E-state index contributed by atoms with van der Waals surface area (Å²) >= 11 is 13.7. The Morgan fingerprint density at radius 2 is 2.11 bits per heavy atom. The minimum Gasteiger partial charge on any atom is -0.360 e. The molecule has 0 aliphatic carbocycles. The van der Waals surface area contributed by atoms with Crippen molar-refractivity contribution in [3.8, 4) is 10.4 Å². The number of rotatable bonds is 6. The number of carbonyl (C=O) groups is 1. The standard InChI is InChI=1S/C20H18Cl2N4OS/c21-14-3-1-11(16(22)8-14)6-15(23)9-24-20-25-10-18(28-20)12-2-4-17-13(5-12)7-19(27)26-17/h1-5,8,10,15H,6-7,9,23H2,(H,24,25)(H,26,27)/t15-/m1/s1. The third kappa shape index (κ3) is 4.31. The zero-order valence-electron chi connectivity index (χ0n) is 14.8. The first kappa shape index (κ1) is 19.2. The van der Waals surface area contributed by atoms with E-state index < -0.39 is 0 Å². The molecule has 4 rings (SSSR count). The normalized spacial score (nSPS) is 13.9. The minimum absolute atomic E-state index is 0.0357. The van der Waals surface area contributed by atoms with Crippen molar-refractivity contribution in [2.45, 2.75) is 18.9 Å². The zero-order chi connectivity index (χ0) is 19.7. The maximum atomic E-state index is 11.5. The number of nitrogens with one attached hydrogen (secondary N) is 2. The number of nitrogens with two attached hydrogens (primary N) is 1. The van der Waals surface area contributed by atoms with Gasteiger partial charge in [0, 0.05) is 34.5 Å². The van der Waals surface area contributed by atoms with Gasteiger partial charge in [0.1, 0.15) is 0 Å². The van der Waals surface area contributed by atoms with Gasteiger partial charge >= 0.3 is 0 Å². The van der Waals surface area contributed by atoms with Gasteiger partial charge in [0.05, 0.1) is 11.3 Å². The molecular weight excluding hydrogens is 415 g/mol. The number of halogens is 2. The second-order valence-electron chi connectivity index (χ2n) is 6.71. The van der Waals surface area contributed by atoms with E-state index >= 15 is 0 Å². The summed E-state index contributed by atoms with van der Waals surface area (Å²) in [7, 11) is 0. The first-order chi connectivity index (χ1) is 13.5. The van der Waals surface area contributed by atoms with Gasteiger partial charge in [-0.25, -0.2) is 4.98 Å². The quantitative estimate of drug-likeness (QED) is 0.531. The predicted molar refractivity (Wildman–Crippen MR) is 117 cm³/mol. The molecule has 4 N–H and O–H groups in total. The molecule has 1 amide bonds. The van der Waals surface area contributed by atoms with Crippen LogP contribution in [0, 0.1) is 0 Å². The van der Waals surface area contributed by atoms with Crippen LogP contribution in [-0.4, -0.2) is 23.5 Å². The summed E-state index contributed by atoms with van der Waals surface area (Å²) in [5, 5.41) is 8.19. The molecule has 0 bridgehead atoms. The molecule has 144 valence electrons. The van der Waals surface area contributed by atoms with Crippen LogP contribution in [0.4, 0.5) is 10.8 Å². The third-order valence-corrected chi connectivity index (χ3v) is 6.12. The Kier molecular flexibility index (Phi) is 5.55. The van der Waals surface area contributed by atoms with Crippen molar-refractivity contribution in [3.63, 3.8) is 0 Å². The van der Waals surface area contributed by atoms with E-state index in [1.807, 2.05) is 36.5 Å². The number of hydrogen-bond donors (Lipinski definition) is 3. The second-order valence-corrected chi connectivity index (χ2v) is 8.58. The molecule has 8 heteroatoms. The van der Waals surface area contributed by atoms with Crippen molar-refractivity contribution in [1.29, 1.82) is 0 Å². The lowest BCUT2D eigenvalue weighted by Gasteiger charge is -2.13. The van der Waals surface area contributed by atoms with Gasteiger partial charge in [0.25, 0.3) is 0 Å². The van der Waals surface area contributed by atoms with Gasteiger partial charge in [-0.05, 0) is 47.4 Å². The molecule has 0 saturated heterocycles. The number of amides is 1. The molecule has 0 spiro atoms. The van der Waals surface area contributed by atoms with Crippen molar-refractivity contribution >= 4 is 51.3 Å². The van der Waals surface area contributed by atoms with Crippen LogP contribution < -0.4 is 16.4 Å². The molecule has 3 aromatic rings. The maximum absolute atomic E-state index is 11.5. The number of anilines is 2. The highest BCUT2D eigenvalue weighted by Crippen LogP contribution is 2.33. The largest absolute Gasteiger partial charge is 0.360 e. The van der Waals surface area contributed by atoms with E-state index in [4.69, 9.17) is 28.9 Å². The summed E-state index contributed by atoms with van der Waals surface area (Å²) in [6.07, 6.45) is 2.91. The Morgan fingerprint density at radius 3 is 2.93 bits per heavy atom. The van der Waals surface area contributed by atoms with Crippen molar-refractivity contribution in [1.82, 2.24) is 4.98 Å². The van der Waals surface area contributed by atoms with Gasteiger partial charge in [-0.3, -0.25) is 4.79 Å². The van der Waals surface area contributed by atoms with Crippen LogP contribution in [0.1, 0.15) is 11.1 Å². The van der Waals surface area contributed by atoms with E-state index in [9.17, 15) is 4.79 Å². The number of carbonyl (C=O) groups excluding carboxylic acids is 1. The number of thiazole rings is 1. The highest BCUT2D eigenvalue weighted by molar-refractivity contribution is 7.18. The average Bonchev–Trinajstić information content (AvgIpc) is 3.27. The van der Waals surface area contributed by atoms with E-state index in [1.165, 1.54) is 0 Å². The number of aromatic nitrogens is 1. The first-order valence-electron chi connectivity index (χ1n) is 8.80. The van der Waals surface area contributed by atoms with E-state index in [-0.39, 0.29) is 11.9 Å². The molecule has 28 heavy (non-hydrogen) atoms. The van der Waals surface area contributed by atoms with E-state index in [2.05, 4.69) is 15.6 Å². The lowest BCUT2D eigenvalue weighted by Crippen LogP contribution is -2.31. The van der Waals surface area contributed by atoms with Crippen molar-refractivity contribution in [3.05, 3.63) is 63.8 Å². The summed E-state index contributed by atoms with van der Waals surface area (Å²) in [6, 6.07) is 11.3. The van der Waals surface area contributed by atoms with Gasteiger partial charge < -0.3 is 16.4 Å². The summed E-state index contributed by atoms with van der Waals surface area (Å²) < 4.78 is 0. The van der Waals surface area contributed by atoms with E-state index in [0.29, 0.717) is 29.4 Å². The molecule has 2 aromatic carbocycles. The van der Waals surface area contributed by atoms with Crippen LogP contribution in [0.3, 0.4) is 0 Å². The molecule has 1 atom stereocenters. The van der Waals surface area contributed by atoms with Gasteiger partial charge in [-0.1, -0.05) is 46.7 Å². The Hall–Kier alpha value is -2.12. The molecule has 1 aliphatic rings. The lowest BCUT2D eigenvalue weighted by molar-refractivity contribution is -0.115. The highest BCUT2D eigenvalue weighted by atomic mass is 35.5. The molecule has 1 aliphatic heterocycles. The fourth-order valence-electron chi connectivity index (χ4n) is 3.13. The second kappa shape index (κ2) is 8.09. The van der Waals surface area contributed by atoms with Crippen molar-refractivity contribution in [2.75, 3.05) is 17.2 Å². The van der Waals surface area contributed by atoms with Crippen LogP contribution in [0.25, 0.3) is 10.4 Å². The monoisotopic (exact) mass is 432 g/mol. The molecule has 0 radical (unpaired) electrons. The molecule has 1 aromatic heterocycles. The SMILES string of the molecule is N[C@@H](CNc1ncc(-c2ccc3c(c2)CC(=O)N3)s1)Cc1ccc(Cl)cc1Cl. The fraction of sp³-hybridized carbons (Fsp3) is 0.200. The van der Waals surface area contributed by atoms with Gasteiger partial charge in [0.15, 0.2) is 5.13 Å². The number of hydrogen-bond acceptors (Lipinski definition) is 5. The average molecular weight is 433 g/mol. The van der Waals surface area contributed by atoms with E-state index in [1.54, 1.807) is 17.4 Å². The maximum Gasteiger partial charge on any atom is 0.228 e. The van der Waals surface area contributed by atoms with Crippen LogP contribution in [0.15, 0.2) is 42.6 Å². The Labute approximate surface area is 176 Å². The topological polar surface area (TPSA) is 80.0 Å². The summed E-state index contributed by atoms with van der Waals surface area (Å²) in [4.78, 5) is 17.0. The third-order valence-electron chi connectivity index (χ3n) is 4.53. The molecule has 5 nitrogen and oxygen atoms in total. The highest BCUT2D eigenvalue weighted by Gasteiger charge is 2.18. The van der Waals surface area contributed by atoms with Crippen molar-refractivity contribution < 1.29 is 4.79 Å². The van der Waals surface area contributed by atoms with Gasteiger partial charge in [-0.15, -0.1) is 0 Å². The zero-order valence-corrected chi connectivity index (χ0v) is 17.2. The Balaban J connectivity index is 1.37. The lowest BCUT2D eigenvalue weighted by atomic mass is 10.1. The van der Waals surface area contributed by atoms with Crippen LogP contribution in [-0.2, 0) is 17.6 Å². The fourth-order valence-corrected chi connectivity index (χ4v) is 4.44. The van der Waals surface area contributed by atoms with Gasteiger partial charge in [-0.2, -0.15) is 0 Å². The smallest absolute Gasteiger partial charge is 0.228 e. The van der Waals surface area contributed by atoms with Crippen LogP contribution >= 0.6 is 34.5 Å². The molecular formula is C20H18Cl2N4OS. The first-order valence-corrected chi connectivity index (χ1v) is 10.4. The summed E-state index contributed by atoms with van der Waals surface area (Å²) in [6.45, 7) is 0.578. The number of benzene rings is 2. The van der Waals surface area contributed by atoms with Crippen LogP contribution in [0.2, 0.25) is 10.0 Å². The molecule has 0 saturated carbocycles. The summed E-state index contributed by atoms with van der Waals surface area (Å²) in [5.41, 5.74) is 10.2. The minimum atomic E-state index is -0.108. The Bertz CT molecular complexity index is 1040. The summed E-state index contributed by atoms with van der Waals surface area (Å²) in [5.74, 6) is 0.0357. The van der Waals surface area contributed by atoms with Crippen LogP contribution in [0.5, 0.6) is 0 Å². The number of nitrogens with zero attached hydrogens (tertiary/aromatic N) is 1. The molecule has 0 unspecified atom stereocenters. The molecule has 0 fully saturated rings. The number of fused-ring (bicyclic) bond motifs is 1. The Morgan fingerprint density at radius 1 is 1.25 bits per heavy atom. The molecule has 2 heterocycles. The van der Waals surface area contributed by atoms with Crippen molar-refractivity contribution in [2.24, 2.45) is 5.73 Å². The predicted octanol–water partition coefficient (Wildman–Crippen LogP) is 4.59. The van der Waals surface area contributed by atoms with Gasteiger partial charge in [0.2, 0.25) is 5.91 Å². The van der Waals surface area contributed by atoms with E-state index in [0.717, 1.165) is 32.4 Å².